The smallest absolute Gasteiger partial charge is 0.0400 e. The van der Waals surface area contributed by atoms with E-state index in [1.165, 1.54) is 28.1 Å². The van der Waals surface area contributed by atoms with Gasteiger partial charge in [-0.1, -0.05) is 48.9 Å². The molecule has 0 aliphatic carbocycles. The molecule has 0 radical (unpaired) electrons. The van der Waals surface area contributed by atoms with Crippen LogP contribution >= 0.6 is 11.8 Å². The monoisotopic (exact) mass is 271 g/mol. The topological polar surface area (TPSA) is 12.0 Å². The maximum atomic E-state index is 3.46. The van der Waals surface area contributed by atoms with E-state index in [9.17, 15) is 0 Å². The van der Waals surface area contributed by atoms with Crippen LogP contribution in [0.25, 0.3) is 0 Å². The van der Waals surface area contributed by atoms with Crippen molar-refractivity contribution in [2.75, 3.05) is 11.1 Å². The third-order valence-corrected chi connectivity index (χ3v) is 3.99. The van der Waals surface area contributed by atoms with Crippen molar-refractivity contribution in [3.05, 3.63) is 65.2 Å². The Kier molecular flexibility index (Phi) is 5.34. The zero-order chi connectivity index (χ0) is 13.5. The number of anilines is 1. The average molecular weight is 271 g/mol. The minimum atomic E-state index is 0.878. The number of thioether (sulfide) groups is 1. The second-order valence-corrected chi connectivity index (χ2v) is 5.95. The second-order valence-electron chi connectivity index (χ2n) is 4.67. The van der Waals surface area contributed by atoms with Gasteiger partial charge in [0.15, 0.2) is 0 Å². The van der Waals surface area contributed by atoms with E-state index < -0.39 is 0 Å². The number of hydrogen-bond donors (Lipinski definition) is 1. The average Bonchev–Trinajstić information content (AvgIpc) is 2.46. The first-order valence-corrected chi connectivity index (χ1v) is 7.89. The first-order chi connectivity index (χ1) is 9.28. The number of nitrogens with one attached hydrogen (secondary N) is 1. The van der Waals surface area contributed by atoms with Crippen molar-refractivity contribution in [2.45, 2.75) is 26.1 Å². The molecular formula is C17H21NS. The molecule has 0 atom stereocenters. The van der Waals surface area contributed by atoms with E-state index in [1.54, 1.807) is 0 Å². The minimum Gasteiger partial charge on any atom is -0.381 e. The Morgan fingerprint density at radius 2 is 1.53 bits per heavy atom. The Labute approximate surface area is 120 Å². The predicted molar refractivity (Wildman–Crippen MR) is 86.8 cm³/mol. The third-order valence-electron chi connectivity index (χ3n) is 3.04. The van der Waals surface area contributed by atoms with Gasteiger partial charge >= 0.3 is 0 Å². The van der Waals surface area contributed by atoms with Crippen LogP contribution in [0.15, 0.2) is 48.5 Å². The van der Waals surface area contributed by atoms with Crippen LogP contribution in [0.4, 0.5) is 5.69 Å². The van der Waals surface area contributed by atoms with Gasteiger partial charge in [0.05, 0.1) is 0 Å². The molecule has 0 aromatic heterocycles. The largest absolute Gasteiger partial charge is 0.381 e. The Morgan fingerprint density at radius 3 is 2.16 bits per heavy atom. The fourth-order valence-corrected chi connectivity index (χ4v) is 2.48. The molecule has 2 rings (SSSR count). The lowest BCUT2D eigenvalue weighted by molar-refractivity contribution is 1.14. The lowest BCUT2D eigenvalue weighted by Gasteiger charge is -2.08. The van der Waals surface area contributed by atoms with Gasteiger partial charge in [-0.05, 0) is 35.9 Å². The highest BCUT2D eigenvalue weighted by Crippen LogP contribution is 2.16. The SMILES string of the molecule is CCSCc1ccc(NCc2ccc(C)cc2)cc1. The second kappa shape index (κ2) is 7.25. The molecule has 0 saturated heterocycles. The van der Waals surface area contributed by atoms with E-state index in [-0.39, 0.29) is 0 Å². The molecule has 2 heteroatoms. The van der Waals surface area contributed by atoms with Crippen molar-refractivity contribution < 1.29 is 0 Å². The molecule has 0 aliphatic heterocycles. The van der Waals surface area contributed by atoms with Crippen molar-refractivity contribution in [1.82, 2.24) is 0 Å². The molecule has 0 unspecified atom stereocenters. The molecule has 0 fully saturated rings. The maximum absolute atomic E-state index is 3.46. The predicted octanol–water partition coefficient (Wildman–Crippen LogP) is 4.86. The van der Waals surface area contributed by atoms with E-state index in [1.807, 2.05) is 11.8 Å². The van der Waals surface area contributed by atoms with Crippen LogP contribution in [0.2, 0.25) is 0 Å². The molecule has 0 aliphatic rings. The van der Waals surface area contributed by atoms with Crippen LogP contribution < -0.4 is 5.32 Å². The molecule has 0 heterocycles. The standard InChI is InChI=1S/C17H21NS/c1-3-19-13-16-8-10-17(11-9-16)18-12-15-6-4-14(2)5-7-15/h4-11,18H,3,12-13H2,1-2H3. The fraction of sp³-hybridized carbons (Fsp3) is 0.294. The van der Waals surface area contributed by atoms with Crippen LogP contribution in [0, 0.1) is 6.92 Å². The highest BCUT2D eigenvalue weighted by atomic mass is 32.2. The van der Waals surface area contributed by atoms with Gasteiger partial charge in [0.2, 0.25) is 0 Å². The number of aryl methyl sites for hydroxylation is 1. The summed E-state index contributed by atoms with van der Waals surface area (Å²) in [5.41, 5.74) is 5.20. The van der Waals surface area contributed by atoms with Crippen molar-refractivity contribution in [2.24, 2.45) is 0 Å². The van der Waals surface area contributed by atoms with Crippen LogP contribution in [0.5, 0.6) is 0 Å². The van der Waals surface area contributed by atoms with Crippen LogP contribution in [0.1, 0.15) is 23.6 Å². The van der Waals surface area contributed by atoms with Crippen LogP contribution in [-0.4, -0.2) is 5.75 Å². The van der Waals surface area contributed by atoms with Crippen LogP contribution in [-0.2, 0) is 12.3 Å². The first-order valence-electron chi connectivity index (χ1n) is 6.74. The van der Waals surface area contributed by atoms with Gasteiger partial charge in [-0.15, -0.1) is 0 Å². The normalized spacial score (nSPS) is 10.4. The lowest BCUT2D eigenvalue weighted by atomic mass is 10.1. The van der Waals surface area contributed by atoms with E-state index in [0.717, 1.165) is 12.3 Å². The molecule has 2 aromatic rings. The molecule has 2 aromatic carbocycles. The van der Waals surface area contributed by atoms with E-state index in [2.05, 4.69) is 67.7 Å². The van der Waals surface area contributed by atoms with Crippen molar-refractivity contribution in [3.8, 4) is 0 Å². The lowest BCUT2D eigenvalue weighted by Crippen LogP contribution is -1.99. The molecule has 1 nitrogen and oxygen atoms in total. The molecule has 0 spiro atoms. The summed E-state index contributed by atoms with van der Waals surface area (Å²) in [7, 11) is 0. The van der Waals surface area contributed by atoms with Gasteiger partial charge in [0, 0.05) is 18.0 Å². The Balaban J connectivity index is 1.87. The molecule has 0 saturated carbocycles. The summed E-state index contributed by atoms with van der Waals surface area (Å²) < 4.78 is 0. The van der Waals surface area contributed by atoms with E-state index in [4.69, 9.17) is 0 Å². The van der Waals surface area contributed by atoms with Gasteiger partial charge in [0.1, 0.15) is 0 Å². The summed E-state index contributed by atoms with van der Waals surface area (Å²) in [4.78, 5) is 0. The number of hydrogen-bond acceptors (Lipinski definition) is 2. The molecule has 0 bridgehead atoms. The summed E-state index contributed by atoms with van der Waals surface area (Å²) in [5, 5.41) is 3.46. The molecule has 100 valence electrons. The summed E-state index contributed by atoms with van der Waals surface area (Å²) in [6.07, 6.45) is 0. The van der Waals surface area contributed by atoms with Gasteiger partial charge in [-0.3, -0.25) is 0 Å². The van der Waals surface area contributed by atoms with Gasteiger partial charge in [-0.2, -0.15) is 11.8 Å². The highest BCUT2D eigenvalue weighted by Gasteiger charge is 1.96. The van der Waals surface area contributed by atoms with Crippen LogP contribution in [0.3, 0.4) is 0 Å². The summed E-state index contributed by atoms with van der Waals surface area (Å²) in [6, 6.07) is 17.4. The summed E-state index contributed by atoms with van der Waals surface area (Å²) >= 11 is 1.96. The summed E-state index contributed by atoms with van der Waals surface area (Å²) in [6.45, 7) is 5.19. The highest BCUT2D eigenvalue weighted by molar-refractivity contribution is 7.98. The zero-order valence-corrected chi connectivity index (χ0v) is 12.5. The van der Waals surface area contributed by atoms with Gasteiger partial charge in [0.25, 0.3) is 0 Å². The zero-order valence-electron chi connectivity index (χ0n) is 11.6. The molecular weight excluding hydrogens is 250 g/mol. The van der Waals surface area contributed by atoms with E-state index in [0.29, 0.717) is 0 Å². The molecule has 19 heavy (non-hydrogen) atoms. The third kappa shape index (κ3) is 4.64. The Hall–Kier alpha value is -1.41. The number of benzene rings is 2. The quantitative estimate of drug-likeness (QED) is 0.805. The van der Waals surface area contributed by atoms with Gasteiger partial charge < -0.3 is 5.32 Å². The first kappa shape index (κ1) is 14.0. The number of rotatable bonds is 6. The fourth-order valence-electron chi connectivity index (χ4n) is 1.85. The van der Waals surface area contributed by atoms with Gasteiger partial charge in [-0.25, -0.2) is 0 Å². The van der Waals surface area contributed by atoms with Crippen molar-refractivity contribution >= 4 is 17.4 Å². The molecule has 1 N–H and O–H groups in total. The Bertz CT molecular complexity index is 488. The maximum Gasteiger partial charge on any atom is 0.0400 e. The van der Waals surface area contributed by atoms with Crippen molar-refractivity contribution in [1.29, 1.82) is 0 Å². The summed E-state index contributed by atoms with van der Waals surface area (Å²) in [5.74, 6) is 2.28. The van der Waals surface area contributed by atoms with E-state index >= 15 is 0 Å². The van der Waals surface area contributed by atoms with Crippen molar-refractivity contribution in [3.63, 3.8) is 0 Å². The molecule has 0 amide bonds. The minimum absolute atomic E-state index is 0.878. The Morgan fingerprint density at radius 1 is 0.895 bits per heavy atom.